The molecule has 21 heavy (non-hydrogen) atoms. The predicted octanol–water partition coefficient (Wildman–Crippen LogP) is 3.74. The van der Waals surface area contributed by atoms with Gasteiger partial charge in [-0.05, 0) is 30.5 Å². The number of rotatable bonds is 8. The molecule has 1 rings (SSSR count). The Balaban J connectivity index is 2.59. The first-order valence-electron chi connectivity index (χ1n) is 6.97. The van der Waals surface area contributed by atoms with Crippen molar-refractivity contribution in [3.8, 4) is 5.75 Å². The lowest BCUT2D eigenvalue weighted by atomic mass is 10.0. The van der Waals surface area contributed by atoms with Gasteiger partial charge in [0.1, 0.15) is 5.75 Å². The molecule has 0 aromatic heterocycles. The molecule has 1 aromatic carbocycles. The van der Waals surface area contributed by atoms with Crippen LogP contribution in [0.1, 0.15) is 26.3 Å². The lowest BCUT2D eigenvalue weighted by molar-refractivity contribution is -0.274. The van der Waals surface area contributed by atoms with E-state index >= 15 is 0 Å². The van der Waals surface area contributed by atoms with Crippen molar-refractivity contribution in [1.82, 2.24) is 5.32 Å². The largest absolute Gasteiger partial charge is 0.573 e. The average Bonchev–Trinajstić information content (AvgIpc) is 2.36. The summed E-state index contributed by atoms with van der Waals surface area (Å²) in [6, 6.07) is 6.13. The summed E-state index contributed by atoms with van der Waals surface area (Å²) in [6.07, 6.45) is -4.67. The molecule has 0 amide bonds. The summed E-state index contributed by atoms with van der Waals surface area (Å²) in [7, 11) is 0. The molecule has 0 saturated carbocycles. The van der Waals surface area contributed by atoms with E-state index in [2.05, 4.69) is 23.9 Å². The molecule has 3 nitrogen and oxygen atoms in total. The SMILES string of the molecule is CCOCC(NCc1cccc(OC(F)(F)F)c1)C(C)C. The van der Waals surface area contributed by atoms with Crippen LogP contribution >= 0.6 is 0 Å². The third kappa shape index (κ3) is 7.34. The van der Waals surface area contributed by atoms with Gasteiger partial charge in [0.2, 0.25) is 0 Å². The standard InChI is InChI=1S/C15H22F3NO2/c1-4-20-10-14(11(2)3)19-9-12-6-5-7-13(8-12)21-15(16,17)18/h5-8,11,14,19H,4,9-10H2,1-3H3. The van der Waals surface area contributed by atoms with E-state index in [9.17, 15) is 13.2 Å². The zero-order valence-electron chi connectivity index (χ0n) is 12.5. The molecule has 0 aliphatic heterocycles. The highest BCUT2D eigenvalue weighted by molar-refractivity contribution is 5.28. The van der Waals surface area contributed by atoms with Crippen LogP contribution in [0.2, 0.25) is 0 Å². The molecule has 0 radical (unpaired) electrons. The Morgan fingerprint density at radius 2 is 1.95 bits per heavy atom. The minimum atomic E-state index is -4.67. The third-order valence-corrected chi connectivity index (χ3v) is 3.01. The minimum Gasteiger partial charge on any atom is -0.406 e. The first-order chi connectivity index (χ1) is 9.81. The molecule has 1 N–H and O–H groups in total. The summed E-state index contributed by atoms with van der Waals surface area (Å²) in [6.45, 7) is 7.74. The van der Waals surface area contributed by atoms with E-state index in [4.69, 9.17) is 4.74 Å². The second-order valence-corrected chi connectivity index (χ2v) is 5.09. The van der Waals surface area contributed by atoms with Gasteiger partial charge in [0.05, 0.1) is 6.61 Å². The van der Waals surface area contributed by atoms with Crippen LogP contribution in [0.4, 0.5) is 13.2 Å². The highest BCUT2D eigenvalue weighted by Crippen LogP contribution is 2.23. The Labute approximate surface area is 123 Å². The molecule has 0 bridgehead atoms. The molecular formula is C15H22F3NO2. The van der Waals surface area contributed by atoms with Crippen LogP contribution in [-0.2, 0) is 11.3 Å². The van der Waals surface area contributed by atoms with Gasteiger partial charge in [0.15, 0.2) is 0 Å². The molecule has 0 aliphatic carbocycles. The van der Waals surface area contributed by atoms with Gasteiger partial charge in [-0.3, -0.25) is 0 Å². The van der Waals surface area contributed by atoms with Crippen LogP contribution < -0.4 is 10.1 Å². The maximum Gasteiger partial charge on any atom is 0.573 e. The minimum absolute atomic E-state index is 0.150. The van der Waals surface area contributed by atoms with E-state index in [1.165, 1.54) is 12.1 Å². The molecule has 6 heteroatoms. The van der Waals surface area contributed by atoms with Crippen molar-refractivity contribution in [1.29, 1.82) is 0 Å². The number of ether oxygens (including phenoxy) is 2. The summed E-state index contributed by atoms with van der Waals surface area (Å²) in [5, 5.41) is 3.30. The summed E-state index contributed by atoms with van der Waals surface area (Å²) < 4.78 is 45.8. The third-order valence-electron chi connectivity index (χ3n) is 3.01. The van der Waals surface area contributed by atoms with Gasteiger partial charge in [-0.25, -0.2) is 0 Å². The van der Waals surface area contributed by atoms with Crippen molar-refractivity contribution in [2.24, 2.45) is 5.92 Å². The molecule has 0 heterocycles. The average molecular weight is 305 g/mol. The predicted molar refractivity (Wildman–Crippen MR) is 75.1 cm³/mol. The molecule has 1 atom stereocenters. The van der Waals surface area contributed by atoms with E-state index in [1.54, 1.807) is 12.1 Å². The molecular weight excluding hydrogens is 283 g/mol. The van der Waals surface area contributed by atoms with Gasteiger partial charge in [0, 0.05) is 19.2 Å². The van der Waals surface area contributed by atoms with Crippen molar-refractivity contribution >= 4 is 0 Å². The van der Waals surface area contributed by atoms with Crippen LogP contribution in [0.15, 0.2) is 24.3 Å². The Bertz CT molecular complexity index is 422. The summed E-state index contributed by atoms with van der Waals surface area (Å²) in [5.41, 5.74) is 0.735. The molecule has 1 unspecified atom stereocenters. The molecule has 0 spiro atoms. The summed E-state index contributed by atoms with van der Waals surface area (Å²) in [5.74, 6) is 0.166. The highest BCUT2D eigenvalue weighted by atomic mass is 19.4. The Hall–Kier alpha value is -1.27. The zero-order valence-corrected chi connectivity index (χ0v) is 12.5. The molecule has 0 aliphatic rings. The molecule has 120 valence electrons. The monoisotopic (exact) mass is 305 g/mol. The van der Waals surface area contributed by atoms with E-state index in [-0.39, 0.29) is 11.8 Å². The number of hydrogen-bond acceptors (Lipinski definition) is 3. The van der Waals surface area contributed by atoms with Crippen molar-refractivity contribution in [3.05, 3.63) is 29.8 Å². The fourth-order valence-corrected chi connectivity index (χ4v) is 1.83. The smallest absolute Gasteiger partial charge is 0.406 e. The number of nitrogens with one attached hydrogen (secondary N) is 1. The van der Waals surface area contributed by atoms with Crippen LogP contribution in [0.5, 0.6) is 5.75 Å². The van der Waals surface area contributed by atoms with Crippen LogP contribution in [0, 0.1) is 5.92 Å². The van der Waals surface area contributed by atoms with Crippen LogP contribution in [0.3, 0.4) is 0 Å². The fourth-order valence-electron chi connectivity index (χ4n) is 1.83. The van der Waals surface area contributed by atoms with Gasteiger partial charge in [-0.15, -0.1) is 13.2 Å². The summed E-state index contributed by atoms with van der Waals surface area (Å²) in [4.78, 5) is 0. The summed E-state index contributed by atoms with van der Waals surface area (Å²) >= 11 is 0. The van der Waals surface area contributed by atoms with Gasteiger partial charge < -0.3 is 14.8 Å². The van der Waals surface area contributed by atoms with Crippen molar-refractivity contribution in [3.63, 3.8) is 0 Å². The maximum absolute atomic E-state index is 12.2. The van der Waals surface area contributed by atoms with E-state index < -0.39 is 6.36 Å². The second kappa shape index (κ2) is 8.24. The number of alkyl halides is 3. The van der Waals surface area contributed by atoms with E-state index in [0.29, 0.717) is 25.7 Å². The Morgan fingerprint density at radius 1 is 1.24 bits per heavy atom. The van der Waals surface area contributed by atoms with E-state index in [1.807, 2.05) is 6.92 Å². The van der Waals surface area contributed by atoms with Gasteiger partial charge in [-0.1, -0.05) is 26.0 Å². The maximum atomic E-state index is 12.2. The lowest BCUT2D eigenvalue weighted by Gasteiger charge is -2.22. The highest BCUT2D eigenvalue weighted by Gasteiger charge is 2.31. The quantitative estimate of drug-likeness (QED) is 0.793. The molecule has 0 fully saturated rings. The normalized spacial score (nSPS) is 13.5. The number of hydrogen-bond donors (Lipinski definition) is 1. The van der Waals surface area contributed by atoms with Crippen LogP contribution in [0.25, 0.3) is 0 Å². The number of benzene rings is 1. The topological polar surface area (TPSA) is 30.5 Å². The van der Waals surface area contributed by atoms with Crippen molar-refractivity contribution in [2.45, 2.75) is 39.7 Å². The van der Waals surface area contributed by atoms with Gasteiger partial charge >= 0.3 is 6.36 Å². The first-order valence-corrected chi connectivity index (χ1v) is 6.97. The van der Waals surface area contributed by atoms with Gasteiger partial charge in [-0.2, -0.15) is 0 Å². The van der Waals surface area contributed by atoms with Crippen molar-refractivity contribution < 1.29 is 22.6 Å². The first kappa shape index (κ1) is 17.8. The second-order valence-electron chi connectivity index (χ2n) is 5.09. The van der Waals surface area contributed by atoms with Crippen molar-refractivity contribution in [2.75, 3.05) is 13.2 Å². The Morgan fingerprint density at radius 3 is 2.52 bits per heavy atom. The molecule has 0 saturated heterocycles. The van der Waals surface area contributed by atoms with E-state index in [0.717, 1.165) is 5.56 Å². The lowest BCUT2D eigenvalue weighted by Crippen LogP contribution is -2.37. The fraction of sp³-hybridized carbons (Fsp3) is 0.600. The van der Waals surface area contributed by atoms with Gasteiger partial charge in [0.25, 0.3) is 0 Å². The molecule has 1 aromatic rings. The van der Waals surface area contributed by atoms with Crippen LogP contribution in [-0.4, -0.2) is 25.6 Å². The zero-order chi connectivity index (χ0) is 15.9. The number of halogens is 3. The Kier molecular flexibility index (Phi) is 6.98.